The molecule has 0 radical (unpaired) electrons. The fourth-order valence-electron chi connectivity index (χ4n) is 1.34. The summed E-state index contributed by atoms with van der Waals surface area (Å²) in [5, 5.41) is 2.75. The van der Waals surface area contributed by atoms with Crippen molar-refractivity contribution in [2.24, 2.45) is 0 Å². The fraction of sp³-hybridized carbons (Fsp3) is 0.667. The highest BCUT2D eigenvalue weighted by Gasteiger charge is 2.07. The third-order valence-electron chi connectivity index (χ3n) is 2.24. The van der Waals surface area contributed by atoms with Crippen LogP contribution < -0.4 is 5.32 Å². The van der Waals surface area contributed by atoms with Crippen molar-refractivity contribution in [3.63, 3.8) is 0 Å². The Balaban J connectivity index is -0.000000549. The smallest absolute Gasteiger partial charge is 0.159 e. The van der Waals surface area contributed by atoms with Crippen LogP contribution in [0.1, 0.15) is 39.7 Å². The number of halogens is 3. The molecule has 3 nitrogen and oxygen atoms in total. The second-order valence-electron chi connectivity index (χ2n) is 4.57. The van der Waals surface area contributed by atoms with Gasteiger partial charge in [0.15, 0.2) is 11.6 Å². The van der Waals surface area contributed by atoms with Crippen LogP contribution in [-0.4, -0.2) is 46.2 Å². The highest BCUT2D eigenvalue weighted by atomic mass is 79.9. The number of rotatable bonds is 6. The van der Waals surface area contributed by atoms with Gasteiger partial charge in [-0.1, -0.05) is 43.6 Å². The highest BCUT2D eigenvalue weighted by molar-refractivity contribution is 9.10. The van der Waals surface area contributed by atoms with Crippen LogP contribution in [0.2, 0.25) is 0 Å². The van der Waals surface area contributed by atoms with Crippen molar-refractivity contribution in [2.75, 3.05) is 41.3 Å². The van der Waals surface area contributed by atoms with Gasteiger partial charge in [0.25, 0.3) is 0 Å². The van der Waals surface area contributed by atoms with E-state index in [-0.39, 0.29) is 6.61 Å². The van der Waals surface area contributed by atoms with Gasteiger partial charge in [-0.15, -0.1) is 0 Å². The van der Waals surface area contributed by atoms with Gasteiger partial charge in [0.1, 0.15) is 0 Å². The van der Waals surface area contributed by atoms with Crippen LogP contribution in [0.15, 0.2) is 16.6 Å². The minimum absolute atomic E-state index is 0.283. The Hall–Kier alpha value is -0.560. The van der Waals surface area contributed by atoms with Gasteiger partial charge in [0.05, 0.1) is 6.61 Å². The number of benzene rings is 1. The van der Waals surface area contributed by atoms with Crippen molar-refractivity contribution < 1.29 is 13.5 Å². The normalized spacial score (nSPS) is 9.17. The molecule has 0 aliphatic carbocycles. The summed E-state index contributed by atoms with van der Waals surface area (Å²) >= 11 is 3.18. The van der Waals surface area contributed by atoms with Gasteiger partial charge in [-0.2, -0.15) is 0 Å². The lowest BCUT2D eigenvalue weighted by atomic mass is 10.2. The maximum absolute atomic E-state index is 13.0. The molecule has 0 aliphatic heterocycles. The lowest BCUT2D eigenvalue weighted by Gasteiger charge is -2.10. The van der Waals surface area contributed by atoms with Crippen LogP contribution >= 0.6 is 15.9 Å². The fourth-order valence-corrected chi connectivity index (χ4v) is 1.77. The zero-order chi connectivity index (χ0) is 19.5. The second-order valence-corrected chi connectivity index (χ2v) is 5.42. The predicted octanol–water partition coefficient (Wildman–Crippen LogP) is 5.08. The third-order valence-corrected chi connectivity index (χ3v) is 2.98. The number of nitrogens with one attached hydrogen (secondary N) is 1. The Morgan fingerprint density at radius 3 is 1.96 bits per heavy atom. The molecule has 0 saturated heterocycles. The maximum atomic E-state index is 13.0. The molecule has 0 heterocycles. The minimum Gasteiger partial charge on any atom is -0.377 e. The molecule has 0 amide bonds. The van der Waals surface area contributed by atoms with E-state index in [1.807, 2.05) is 55.9 Å². The van der Waals surface area contributed by atoms with Crippen LogP contribution in [0.3, 0.4) is 0 Å². The van der Waals surface area contributed by atoms with Crippen molar-refractivity contribution in [3.8, 4) is 0 Å². The van der Waals surface area contributed by atoms with Crippen molar-refractivity contribution in [3.05, 3.63) is 33.8 Å². The molecule has 0 atom stereocenters. The molecule has 0 unspecified atom stereocenters. The lowest BCUT2D eigenvalue weighted by Crippen LogP contribution is -2.14. The summed E-state index contributed by atoms with van der Waals surface area (Å²) in [6, 6.07) is 2.28. The van der Waals surface area contributed by atoms with Crippen LogP contribution in [-0.2, 0) is 11.3 Å². The molecule has 0 bridgehead atoms. The minimum atomic E-state index is -0.853. The van der Waals surface area contributed by atoms with Gasteiger partial charge >= 0.3 is 0 Å². The Morgan fingerprint density at radius 2 is 1.50 bits per heavy atom. The summed E-state index contributed by atoms with van der Waals surface area (Å²) in [6.45, 7) is 9.83. The van der Waals surface area contributed by atoms with E-state index in [9.17, 15) is 8.78 Å². The number of ether oxygens (including phenoxy) is 1. The number of nitrogens with zero attached hydrogens (tertiary/aromatic N) is 1. The van der Waals surface area contributed by atoms with E-state index in [1.165, 1.54) is 0 Å². The number of hydrogen-bond acceptors (Lipinski definition) is 3. The average Bonchev–Trinajstić information content (AvgIpc) is 2.56. The summed E-state index contributed by atoms with van der Waals surface area (Å²) < 4.78 is 31.8. The van der Waals surface area contributed by atoms with Crippen molar-refractivity contribution in [1.29, 1.82) is 0 Å². The van der Waals surface area contributed by atoms with Crippen LogP contribution in [0.4, 0.5) is 8.78 Å². The van der Waals surface area contributed by atoms with E-state index in [0.29, 0.717) is 16.6 Å². The highest BCUT2D eigenvalue weighted by Crippen LogP contribution is 2.21. The van der Waals surface area contributed by atoms with Crippen molar-refractivity contribution >= 4 is 15.9 Å². The SMILES string of the molecule is CC.CC.CN(C)CCCOCc1cc(F)c(F)cc1Br.CNC. The van der Waals surface area contributed by atoms with E-state index in [4.69, 9.17) is 4.74 Å². The lowest BCUT2D eigenvalue weighted by molar-refractivity contribution is 0.112. The largest absolute Gasteiger partial charge is 0.377 e. The number of hydrogen-bond donors (Lipinski definition) is 1. The maximum Gasteiger partial charge on any atom is 0.159 e. The first-order valence-corrected chi connectivity index (χ1v) is 9.16. The monoisotopic (exact) mass is 412 g/mol. The average molecular weight is 413 g/mol. The van der Waals surface area contributed by atoms with E-state index in [2.05, 4.69) is 26.1 Å². The Kier molecular flexibility index (Phi) is 24.1. The first-order chi connectivity index (χ1) is 11.4. The molecule has 0 saturated carbocycles. The Labute approximate surface area is 155 Å². The second kappa shape index (κ2) is 20.5. The first kappa shape index (κ1) is 28.3. The molecule has 0 aliphatic rings. The molecule has 1 N–H and O–H groups in total. The molecular weight excluding hydrogens is 378 g/mol. The molecule has 6 heteroatoms. The molecule has 144 valence electrons. The van der Waals surface area contributed by atoms with E-state index in [0.717, 1.165) is 25.1 Å². The Bertz CT molecular complexity index is 392. The molecule has 1 aromatic carbocycles. The summed E-state index contributed by atoms with van der Waals surface area (Å²) in [4.78, 5) is 2.07. The first-order valence-electron chi connectivity index (χ1n) is 8.36. The van der Waals surface area contributed by atoms with Crippen molar-refractivity contribution in [2.45, 2.75) is 40.7 Å². The predicted molar refractivity (Wildman–Crippen MR) is 105 cm³/mol. The molecule has 1 rings (SSSR count). The van der Waals surface area contributed by atoms with Crippen LogP contribution in [0.25, 0.3) is 0 Å². The van der Waals surface area contributed by atoms with Gasteiger partial charge in [0.2, 0.25) is 0 Å². The standard InChI is InChI=1S/C12H16BrF2NO.C2H7N.2C2H6/c1-16(2)4-3-5-17-8-9-6-11(14)12(15)7-10(9)13;1-3-2;2*1-2/h6-7H,3-5,8H2,1-2H3;3H,1-2H3;2*1-2H3. The zero-order valence-electron chi connectivity index (χ0n) is 16.5. The summed E-state index contributed by atoms with van der Waals surface area (Å²) in [5.74, 6) is -1.70. The molecule has 0 spiro atoms. The summed E-state index contributed by atoms with van der Waals surface area (Å²) in [6.07, 6.45) is 0.911. The van der Waals surface area contributed by atoms with Gasteiger partial charge in [-0.3, -0.25) is 0 Å². The molecule has 1 aromatic rings. The zero-order valence-corrected chi connectivity index (χ0v) is 18.1. The quantitative estimate of drug-likeness (QED) is 0.520. The van der Waals surface area contributed by atoms with Crippen LogP contribution in [0.5, 0.6) is 0 Å². The van der Waals surface area contributed by atoms with Crippen LogP contribution in [0, 0.1) is 11.6 Å². The van der Waals surface area contributed by atoms with E-state index < -0.39 is 11.6 Å². The molecule has 0 fully saturated rings. The van der Waals surface area contributed by atoms with Gasteiger partial charge in [-0.25, -0.2) is 8.78 Å². The Morgan fingerprint density at radius 1 is 1.04 bits per heavy atom. The molecular formula is C18H35BrF2N2O. The summed E-state index contributed by atoms with van der Waals surface area (Å²) in [7, 11) is 7.73. The van der Waals surface area contributed by atoms with Crippen molar-refractivity contribution in [1.82, 2.24) is 10.2 Å². The topological polar surface area (TPSA) is 24.5 Å². The van der Waals surface area contributed by atoms with Gasteiger partial charge < -0.3 is 15.0 Å². The van der Waals surface area contributed by atoms with E-state index in [1.54, 1.807) is 0 Å². The third kappa shape index (κ3) is 16.3. The summed E-state index contributed by atoms with van der Waals surface area (Å²) in [5.41, 5.74) is 0.619. The van der Waals surface area contributed by atoms with Gasteiger partial charge in [0, 0.05) is 11.1 Å². The molecule has 24 heavy (non-hydrogen) atoms. The van der Waals surface area contributed by atoms with Gasteiger partial charge in [-0.05, 0) is 58.9 Å². The van der Waals surface area contributed by atoms with E-state index >= 15 is 0 Å². The molecule has 0 aromatic heterocycles.